The van der Waals surface area contributed by atoms with Gasteiger partial charge in [-0.3, -0.25) is 9.59 Å². The number of aromatic amines is 1. The van der Waals surface area contributed by atoms with Crippen LogP contribution in [-0.2, 0) is 11.2 Å². The molecular formula is C25H31FN4O2. The summed E-state index contributed by atoms with van der Waals surface area (Å²) >= 11 is 0. The zero-order valence-corrected chi connectivity index (χ0v) is 19.1. The Kier molecular flexibility index (Phi) is 6.46. The summed E-state index contributed by atoms with van der Waals surface area (Å²) < 4.78 is 13.8. The molecule has 1 aromatic heterocycles. The number of amides is 2. The molecule has 3 heterocycles. The quantitative estimate of drug-likeness (QED) is 0.668. The van der Waals surface area contributed by atoms with Crippen LogP contribution in [-0.4, -0.2) is 59.3 Å². The lowest BCUT2D eigenvalue weighted by atomic mass is 10.0. The summed E-state index contributed by atoms with van der Waals surface area (Å²) in [6.07, 6.45) is 4.50. The van der Waals surface area contributed by atoms with Crippen LogP contribution < -0.4 is 5.32 Å². The summed E-state index contributed by atoms with van der Waals surface area (Å²) in [5.41, 5.74) is 4.76. The summed E-state index contributed by atoms with van der Waals surface area (Å²) in [5.74, 6) is -0.604. The second-order valence-electron chi connectivity index (χ2n) is 8.50. The second-order valence-corrected chi connectivity index (χ2v) is 8.50. The molecule has 2 aliphatic rings. The van der Waals surface area contributed by atoms with Gasteiger partial charge in [0.05, 0.1) is 11.1 Å². The van der Waals surface area contributed by atoms with Gasteiger partial charge in [-0.1, -0.05) is 13.8 Å². The van der Waals surface area contributed by atoms with Crippen LogP contribution >= 0.6 is 0 Å². The van der Waals surface area contributed by atoms with Crippen LogP contribution in [0.5, 0.6) is 0 Å². The van der Waals surface area contributed by atoms with Crippen molar-refractivity contribution in [2.45, 2.75) is 40.0 Å². The van der Waals surface area contributed by atoms with Gasteiger partial charge in [-0.2, -0.15) is 0 Å². The Morgan fingerprint density at radius 2 is 1.97 bits per heavy atom. The predicted molar refractivity (Wildman–Crippen MR) is 125 cm³/mol. The molecule has 4 rings (SSSR count). The molecular weight excluding hydrogens is 407 g/mol. The molecule has 0 radical (unpaired) electrons. The first kappa shape index (κ1) is 22.3. The number of benzene rings is 1. The van der Waals surface area contributed by atoms with Gasteiger partial charge in [-0.25, -0.2) is 4.39 Å². The van der Waals surface area contributed by atoms with Gasteiger partial charge in [-0.15, -0.1) is 0 Å². The molecule has 0 atom stereocenters. The van der Waals surface area contributed by atoms with Gasteiger partial charge >= 0.3 is 0 Å². The van der Waals surface area contributed by atoms with Gasteiger partial charge in [0.25, 0.3) is 11.8 Å². The average Bonchev–Trinajstić information content (AvgIpc) is 3.24. The van der Waals surface area contributed by atoms with E-state index < -0.39 is 0 Å². The van der Waals surface area contributed by atoms with E-state index in [-0.39, 0.29) is 17.6 Å². The lowest BCUT2D eigenvalue weighted by Crippen LogP contribution is -2.40. The minimum atomic E-state index is -0.388. The normalized spacial score (nSPS) is 17.4. The van der Waals surface area contributed by atoms with Gasteiger partial charge in [0.15, 0.2) is 0 Å². The van der Waals surface area contributed by atoms with Crippen molar-refractivity contribution >= 4 is 29.2 Å². The fourth-order valence-electron chi connectivity index (χ4n) is 4.63. The molecule has 2 amide bonds. The number of halogens is 1. The van der Waals surface area contributed by atoms with E-state index in [9.17, 15) is 14.0 Å². The summed E-state index contributed by atoms with van der Waals surface area (Å²) in [5, 5.41) is 2.78. The van der Waals surface area contributed by atoms with E-state index in [4.69, 9.17) is 0 Å². The molecule has 0 unspecified atom stereocenters. The summed E-state index contributed by atoms with van der Waals surface area (Å²) in [6, 6.07) is 4.27. The first-order valence-corrected chi connectivity index (χ1v) is 11.5. The number of hydrogen-bond donors (Lipinski definition) is 2. The largest absolute Gasteiger partial charge is 0.358 e. The molecule has 0 saturated carbocycles. The highest BCUT2D eigenvalue weighted by Gasteiger charge is 2.29. The Bertz CT molecular complexity index is 1070. The van der Waals surface area contributed by atoms with E-state index in [2.05, 4.69) is 29.0 Å². The van der Waals surface area contributed by atoms with Gasteiger partial charge in [0, 0.05) is 42.3 Å². The number of hydrogen-bond acceptors (Lipinski definition) is 3. The summed E-state index contributed by atoms with van der Waals surface area (Å²) in [4.78, 5) is 33.7. The number of anilines is 1. The average molecular weight is 439 g/mol. The zero-order valence-electron chi connectivity index (χ0n) is 19.1. The molecule has 0 spiro atoms. The lowest BCUT2D eigenvalue weighted by Gasteiger charge is -2.28. The lowest BCUT2D eigenvalue weighted by molar-refractivity contribution is -0.110. The number of likely N-dealkylation sites (N-methyl/N-ethyl adjacent to an activating group) is 1. The Labute approximate surface area is 188 Å². The Balaban J connectivity index is 1.67. The molecule has 0 saturated heterocycles. The number of fused-ring (bicyclic) bond motifs is 2. The first-order valence-electron chi connectivity index (χ1n) is 11.5. The SMILES string of the molecule is CCN(CC)CCN1CCCCc2[nH]c(/C=C3\C(=O)Nc4ccc(F)cc43)c(C)c2C1=O. The summed E-state index contributed by atoms with van der Waals surface area (Å²) in [6.45, 7) is 10.4. The Morgan fingerprint density at radius 1 is 1.19 bits per heavy atom. The van der Waals surface area contributed by atoms with Crippen LogP contribution in [0.3, 0.4) is 0 Å². The van der Waals surface area contributed by atoms with Gasteiger partial charge in [0.2, 0.25) is 0 Å². The third kappa shape index (κ3) is 4.21. The second kappa shape index (κ2) is 9.28. The summed E-state index contributed by atoms with van der Waals surface area (Å²) in [7, 11) is 0. The van der Waals surface area contributed by atoms with Crippen LogP contribution in [0.4, 0.5) is 10.1 Å². The Morgan fingerprint density at radius 3 is 2.72 bits per heavy atom. The van der Waals surface area contributed by atoms with E-state index in [0.717, 1.165) is 62.4 Å². The number of aryl methyl sites for hydroxylation is 1. The van der Waals surface area contributed by atoms with Crippen molar-refractivity contribution in [3.8, 4) is 0 Å². The number of rotatable bonds is 6. The van der Waals surface area contributed by atoms with Crippen LogP contribution in [0, 0.1) is 12.7 Å². The number of aromatic nitrogens is 1. The third-order valence-corrected chi connectivity index (χ3v) is 6.61. The molecule has 0 bridgehead atoms. The van der Waals surface area contributed by atoms with Crippen LogP contribution in [0.15, 0.2) is 18.2 Å². The topological polar surface area (TPSA) is 68.4 Å². The molecule has 2 aliphatic heterocycles. The van der Waals surface area contributed by atoms with Crippen molar-refractivity contribution in [3.63, 3.8) is 0 Å². The maximum absolute atomic E-state index is 13.8. The molecule has 2 aromatic rings. The van der Waals surface area contributed by atoms with Gasteiger partial charge < -0.3 is 20.1 Å². The van der Waals surface area contributed by atoms with Crippen LogP contribution in [0.25, 0.3) is 11.6 Å². The van der Waals surface area contributed by atoms with Crippen molar-refractivity contribution in [1.82, 2.24) is 14.8 Å². The standard InChI is InChI=1S/C25H31FN4O2/c1-4-29(5-2)12-13-30-11-7-6-8-21-23(25(30)32)16(3)22(27-21)15-19-18-14-17(26)9-10-20(18)28-24(19)31/h9-10,14-15,27H,4-8,11-13H2,1-3H3,(H,28,31)/b19-15-. The number of H-pyrrole nitrogens is 1. The van der Waals surface area contributed by atoms with Gasteiger partial charge in [-0.05, 0) is 69.1 Å². The molecule has 0 fully saturated rings. The monoisotopic (exact) mass is 438 g/mol. The van der Waals surface area contributed by atoms with E-state index >= 15 is 0 Å². The maximum atomic E-state index is 13.8. The molecule has 2 N–H and O–H groups in total. The van der Waals surface area contributed by atoms with Crippen molar-refractivity contribution in [1.29, 1.82) is 0 Å². The molecule has 0 aliphatic carbocycles. The van der Waals surface area contributed by atoms with Crippen molar-refractivity contribution in [3.05, 3.63) is 52.1 Å². The minimum Gasteiger partial charge on any atom is -0.358 e. The van der Waals surface area contributed by atoms with Crippen molar-refractivity contribution in [2.75, 3.05) is 38.0 Å². The molecule has 170 valence electrons. The smallest absolute Gasteiger partial charge is 0.256 e. The highest BCUT2D eigenvalue weighted by molar-refractivity contribution is 6.34. The third-order valence-electron chi connectivity index (χ3n) is 6.61. The van der Waals surface area contributed by atoms with Crippen LogP contribution in [0.2, 0.25) is 0 Å². The van der Waals surface area contributed by atoms with Crippen molar-refractivity contribution < 1.29 is 14.0 Å². The van der Waals surface area contributed by atoms with E-state index in [1.165, 1.54) is 12.1 Å². The minimum absolute atomic E-state index is 0.0487. The molecule has 7 heteroatoms. The number of nitrogens with one attached hydrogen (secondary N) is 2. The highest BCUT2D eigenvalue weighted by atomic mass is 19.1. The van der Waals surface area contributed by atoms with E-state index in [0.29, 0.717) is 28.9 Å². The zero-order chi connectivity index (χ0) is 22.8. The predicted octanol–water partition coefficient (Wildman–Crippen LogP) is 4.08. The number of carbonyl (C=O) groups excluding carboxylic acids is 2. The van der Waals surface area contributed by atoms with Gasteiger partial charge in [0.1, 0.15) is 5.82 Å². The molecule has 6 nitrogen and oxygen atoms in total. The van der Waals surface area contributed by atoms with Crippen molar-refractivity contribution in [2.24, 2.45) is 0 Å². The Hall–Kier alpha value is -2.93. The highest BCUT2D eigenvalue weighted by Crippen LogP contribution is 2.35. The number of carbonyl (C=O) groups is 2. The molecule has 1 aromatic carbocycles. The van der Waals surface area contributed by atoms with E-state index in [1.54, 1.807) is 12.1 Å². The van der Waals surface area contributed by atoms with E-state index in [1.807, 2.05) is 11.8 Å². The fourth-order valence-corrected chi connectivity index (χ4v) is 4.63. The molecule has 32 heavy (non-hydrogen) atoms. The fraction of sp³-hybridized carbons (Fsp3) is 0.440. The first-order chi connectivity index (χ1) is 15.4. The maximum Gasteiger partial charge on any atom is 0.256 e. The number of nitrogens with zero attached hydrogens (tertiary/aromatic N) is 2. The van der Waals surface area contributed by atoms with Crippen LogP contribution in [0.1, 0.15) is 59.6 Å².